The molecule has 1 aliphatic heterocycles. The molecule has 13 heteroatoms. The van der Waals surface area contributed by atoms with Crippen molar-refractivity contribution in [2.75, 3.05) is 5.75 Å². The number of hydrogen-bond acceptors (Lipinski definition) is 3. The predicted octanol–water partition coefficient (Wildman–Crippen LogP) is 5.17. The summed E-state index contributed by atoms with van der Waals surface area (Å²) in [5.74, 6) is -18.3. The minimum Gasteiger partial charge on any atom is -0.489 e. The highest BCUT2D eigenvalue weighted by Gasteiger charge is 2.84. The molecular weight excluding hydrogens is 441 g/mol. The van der Waals surface area contributed by atoms with Gasteiger partial charge in [0.1, 0.15) is 23.1 Å². The first-order chi connectivity index (χ1) is 13.2. The third-order valence-electron chi connectivity index (χ3n) is 4.29. The molecule has 0 aromatic heterocycles. The lowest BCUT2D eigenvalue weighted by atomic mass is 10.1. The summed E-state index contributed by atoms with van der Waals surface area (Å²) in [6.45, 7) is 0. The van der Waals surface area contributed by atoms with Gasteiger partial charge in [-0.05, 0) is 11.6 Å². The van der Waals surface area contributed by atoms with Crippen LogP contribution in [0.25, 0.3) is 0 Å². The number of thioether (sulfide) groups is 1. The Morgan fingerprint density at radius 1 is 1.10 bits per heavy atom. The second kappa shape index (κ2) is 6.74. The van der Waals surface area contributed by atoms with Gasteiger partial charge < -0.3 is 10.1 Å². The summed E-state index contributed by atoms with van der Waals surface area (Å²) in [4.78, 5) is 11.8. The van der Waals surface area contributed by atoms with E-state index in [1.807, 2.05) is 0 Å². The normalized spacial score (nSPS) is 24.2. The van der Waals surface area contributed by atoms with E-state index in [9.17, 15) is 44.3 Å². The molecule has 1 heterocycles. The number of allylic oxidation sites excluding steroid dienone is 2. The number of para-hydroxylation sites is 1. The maximum atomic E-state index is 13.7. The highest BCUT2D eigenvalue weighted by Crippen LogP contribution is 2.61. The van der Waals surface area contributed by atoms with Gasteiger partial charge in [0, 0.05) is 12.2 Å². The zero-order valence-corrected chi connectivity index (χ0v) is 14.7. The van der Waals surface area contributed by atoms with Gasteiger partial charge in [0.05, 0.1) is 0 Å². The van der Waals surface area contributed by atoms with Crippen LogP contribution in [0.15, 0.2) is 35.5 Å². The summed E-state index contributed by atoms with van der Waals surface area (Å²) < 4.78 is 125. The molecule has 1 N–H and O–H groups in total. The lowest BCUT2D eigenvalue weighted by molar-refractivity contribution is -0.274. The highest BCUT2D eigenvalue weighted by molar-refractivity contribution is 8.13. The number of benzene rings is 1. The van der Waals surface area contributed by atoms with Crippen molar-refractivity contribution in [3.63, 3.8) is 0 Å². The van der Waals surface area contributed by atoms with Crippen LogP contribution in [0.2, 0.25) is 0 Å². The summed E-state index contributed by atoms with van der Waals surface area (Å²) in [7, 11) is 0. The monoisotopic (exact) mass is 451 g/mol. The second-order valence-electron chi connectivity index (χ2n) is 6.25. The van der Waals surface area contributed by atoms with Gasteiger partial charge >= 0.3 is 23.9 Å². The number of fused-ring (bicyclic) bond motifs is 1. The van der Waals surface area contributed by atoms with Gasteiger partial charge in [0.25, 0.3) is 5.24 Å². The van der Waals surface area contributed by atoms with Crippen LogP contribution in [0.1, 0.15) is 5.56 Å². The quantitative estimate of drug-likeness (QED) is 0.645. The lowest BCUT2D eigenvalue weighted by Crippen LogP contribution is -2.51. The Hall–Kier alpha value is -2.05. The largest absolute Gasteiger partial charge is 0.489 e. The molecule has 160 valence electrons. The van der Waals surface area contributed by atoms with E-state index in [2.05, 4.69) is 0 Å². The average Bonchev–Trinajstić information content (AvgIpc) is 3.04. The summed E-state index contributed by atoms with van der Waals surface area (Å²) in [6.07, 6.45) is -6.57. The molecule has 1 aromatic carbocycles. The number of alkyl halides is 9. The molecule has 0 fully saturated rings. The molecule has 0 radical (unpaired) electrons. The molecule has 0 saturated carbocycles. The standard InChI is InChI=1S/C16H10F9NO2S/c17-13(18)10(15(21,22)23)11(14(19,20)16(13,24)25)26-12(27)29-6-8-5-7-3-1-2-4-9(7)28-8/h1-4,8H,5-6H2,(H,26,27). The fourth-order valence-electron chi connectivity index (χ4n) is 2.94. The molecule has 0 saturated heterocycles. The van der Waals surface area contributed by atoms with E-state index in [1.54, 1.807) is 24.3 Å². The SMILES string of the molecule is O=C(NC1=C(C(F)(F)F)C(F)(F)C(F)(F)C1(F)F)SCC1Cc2ccccc2O1. The Morgan fingerprint density at radius 2 is 1.72 bits per heavy atom. The van der Waals surface area contributed by atoms with Gasteiger partial charge in [0.15, 0.2) is 0 Å². The van der Waals surface area contributed by atoms with E-state index in [0.29, 0.717) is 12.2 Å². The van der Waals surface area contributed by atoms with Crippen molar-refractivity contribution in [2.24, 2.45) is 0 Å². The van der Waals surface area contributed by atoms with Gasteiger partial charge in [-0.2, -0.15) is 39.5 Å². The molecule has 29 heavy (non-hydrogen) atoms. The smallest absolute Gasteiger partial charge is 0.420 e. The van der Waals surface area contributed by atoms with Gasteiger partial charge in [0.2, 0.25) is 0 Å². The van der Waals surface area contributed by atoms with Gasteiger partial charge in [-0.25, -0.2) is 0 Å². The molecule has 1 amide bonds. The molecule has 1 atom stereocenters. The van der Waals surface area contributed by atoms with Crippen molar-refractivity contribution >= 4 is 17.0 Å². The van der Waals surface area contributed by atoms with E-state index in [-0.39, 0.29) is 17.5 Å². The molecule has 1 aliphatic carbocycles. The minimum absolute atomic E-state index is 0.145. The fraction of sp³-hybridized carbons (Fsp3) is 0.438. The molecule has 1 aromatic rings. The maximum Gasteiger partial charge on any atom is 0.420 e. The van der Waals surface area contributed by atoms with Gasteiger partial charge in [-0.15, -0.1) is 0 Å². The molecule has 1 unspecified atom stereocenters. The maximum absolute atomic E-state index is 13.7. The zero-order valence-electron chi connectivity index (χ0n) is 13.9. The van der Waals surface area contributed by atoms with Crippen molar-refractivity contribution in [2.45, 2.75) is 36.5 Å². The third-order valence-corrected chi connectivity index (χ3v) is 5.19. The molecular formula is C16H10F9NO2S. The average molecular weight is 451 g/mol. The summed E-state index contributed by atoms with van der Waals surface area (Å²) in [6, 6.07) is 6.69. The number of ether oxygens (including phenoxy) is 1. The number of carbonyl (C=O) groups excluding carboxylic acids is 1. The summed E-state index contributed by atoms with van der Waals surface area (Å²) in [5.41, 5.74) is -5.56. The van der Waals surface area contributed by atoms with Crippen molar-refractivity contribution < 1.29 is 49.0 Å². The topological polar surface area (TPSA) is 38.3 Å². The number of halogens is 9. The van der Waals surface area contributed by atoms with Crippen LogP contribution in [0.3, 0.4) is 0 Å². The van der Waals surface area contributed by atoms with Crippen molar-refractivity contribution in [1.82, 2.24) is 5.32 Å². The van der Waals surface area contributed by atoms with Crippen molar-refractivity contribution in [3.05, 3.63) is 41.1 Å². The lowest BCUT2D eigenvalue weighted by Gasteiger charge is -2.25. The van der Waals surface area contributed by atoms with E-state index in [0.717, 1.165) is 10.9 Å². The first-order valence-corrected chi connectivity index (χ1v) is 8.82. The molecule has 3 nitrogen and oxygen atoms in total. The molecule has 0 spiro atoms. The fourth-order valence-corrected chi connectivity index (χ4v) is 3.64. The molecule has 3 rings (SSSR count). The zero-order chi connectivity index (χ0) is 21.8. The Kier molecular flexibility index (Phi) is 5.03. The number of rotatable bonds is 3. The van der Waals surface area contributed by atoms with Crippen molar-refractivity contribution in [3.8, 4) is 5.75 Å². The Bertz CT molecular complexity index is 841. The van der Waals surface area contributed by atoms with Crippen LogP contribution in [0.4, 0.5) is 44.3 Å². The highest BCUT2D eigenvalue weighted by atomic mass is 32.2. The molecule has 0 bridgehead atoms. The number of hydrogen-bond donors (Lipinski definition) is 1. The Labute approximate surface area is 161 Å². The van der Waals surface area contributed by atoms with E-state index in [4.69, 9.17) is 4.74 Å². The van der Waals surface area contributed by atoms with E-state index in [1.165, 1.54) is 0 Å². The number of carbonyl (C=O) groups is 1. The second-order valence-corrected chi connectivity index (χ2v) is 7.24. The van der Waals surface area contributed by atoms with Crippen LogP contribution >= 0.6 is 11.8 Å². The summed E-state index contributed by atoms with van der Waals surface area (Å²) >= 11 is 0.145. The Balaban J connectivity index is 1.76. The van der Waals surface area contributed by atoms with E-state index >= 15 is 0 Å². The summed E-state index contributed by atoms with van der Waals surface area (Å²) in [5, 5.41) is -0.730. The number of nitrogens with one attached hydrogen (secondary N) is 1. The third kappa shape index (κ3) is 3.42. The first-order valence-electron chi connectivity index (χ1n) is 7.83. The number of amides is 1. The predicted molar refractivity (Wildman–Crippen MR) is 83.5 cm³/mol. The van der Waals surface area contributed by atoms with E-state index < -0.39 is 46.6 Å². The van der Waals surface area contributed by atoms with Crippen LogP contribution in [-0.2, 0) is 6.42 Å². The van der Waals surface area contributed by atoms with Crippen LogP contribution in [0, 0.1) is 0 Å². The van der Waals surface area contributed by atoms with Crippen LogP contribution in [-0.4, -0.2) is 41.0 Å². The minimum atomic E-state index is -6.37. The van der Waals surface area contributed by atoms with Crippen LogP contribution < -0.4 is 10.1 Å². The Morgan fingerprint density at radius 3 is 2.31 bits per heavy atom. The molecule has 2 aliphatic rings. The van der Waals surface area contributed by atoms with Crippen molar-refractivity contribution in [1.29, 1.82) is 0 Å². The van der Waals surface area contributed by atoms with Crippen LogP contribution in [0.5, 0.6) is 5.75 Å². The first kappa shape index (κ1) is 21.7. The van der Waals surface area contributed by atoms with Gasteiger partial charge in [-0.1, -0.05) is 30.0 Å². The van der Waals surface area contributed by atoms with Gasteiger partial charge in [-0.3, -0.25) is 4.79 Å².